The number of nitriles is 2. The number of hydrogen-bond donors (Lipinski definition) is 0. The molecule has 2 atom stereocenters. The highest BCUT2D eigenvalue weighted by Crippen LogP contribution is 2.64. The normalized spacial score (nSPS) is 29.9. The minimum atomic E-state index is -0.464. The van der Waals surface area contributed by atoms with Gasteiger partial charge in [-0.1, -0.05) is 43.7 Å². The van der Waals surface area contributed by atoms with Gasteiger partial charge in [0.1, 0.15) is 0 Å². The first-order valence-corrected chi connectivity index (χ1v) is 6.61. The smallest absolute Gasteiger partial charge is 0.0994 e. The van der Waals surface area contributed by atoms with Crippen LogP contribution in [-0.4, -0.2) is 0 Å². The summed E-state index contributed by atoms with van der Waals surface area (Å²) >= 11 is 0. The molecule has 1 aromatic carbocycles. The van der Waals surface area contributed by atoms with Crippen LogP contribution in [0.25, 0.3) is 5.57 Å². The second-order valence-electron chi connectivity index (χ2n) is 6.36. The van der Waals surface area contributed by atoms with Crippen LogP contribution in [-0.2, 0) is 5.41 Å². The number of hydrogen-bond acceptors (Lipinski definition) is 2. The fourth-order valence-electron chi connectivity index (χ4n) is 3.89. The highest BCUT2D eigenvalue weighted by atomic mass is 14.6. The topological polar surface area (TPSA) is 47.6 Å². The van der Waals surface area contributed by atoms with Crippen molar-refractivity contribution >= 4 is 5.57 Å². The Morgan fingerprint density at radius 2 is 2.00 bits per heavy atom. The van der Waals surface area contributed by atoms with Crippen LogP contribution in [0.4, 0.5) is 0 Å². The van der Waals surface area contributed by atoms with Gasteiger partial charge in [-0.2, -0.15) is 10.5 Å². The first-order valence-electron chi connectivity index (χ1n) is 6.61. The summed E-state index contributed by atoms with van der Waals surface area (Å²) in [6, 6.07) is 11.0. The van der Waals surface area contributed by atoms with Crippen molar-refractivity contribution in [2.75, 3.05) is 0 Å². The molecular formula is C17H16N2. The van der Waals surface area contributed by atoms with Crippen molar-refractivity contribution in [3.8, 4) is 12.1 Å². The Kier molecular flexibility index (Phi) is 2.20. The maximum Gasteiger partial charge on any atom is 0.0994 e. The van der Waals surface area contributed by atoms with Crippen LogP contribution in [0.2, 0.25) is 0 Å². The van der Waals surface area contributed by atoms with E-state index in [1.165, 1.54) is 0 Å². The lowest BCUT2D eigenvalue weighted by Gasteiger charge is -2.59. The molecule has 0 saturated heterocycles. The van der Waals surface area contributed by atoms with Gasteiger partial charge in [-0.05, 0) is 29.9 Å². The molecule has 94 valence electrons. The standard InChI is InChI=1S/C17H16N2/c1-11-4-5-14-12(9-18)7-13-8-16(2,3)17(13,10-19)15(14)6-11/h4-7,13H,8H2,1-3H3. The van der Waals surface area contributed by atoms with Gasteiger partial charge in [-0.25, -0.2) is 0 Å². The van der Waals surface area contributed by atoms with Crippen molar-refractivity contribution in [3.05, 3.63) is 41.0 Å². The van der Waals surface area contributed by atoms with Crippen LogP contribution in [0.15, 0.2) is 24.3 Å². The van der Waals surface area contributed by atoms with Gasteiger partial charge >= 0.3 is 0 Å². The molecular weight excluding hydrogens is 232 g/mol. The molecule has 2 unspecified atom stereocenters. The lowest BCUT2D eigenvalue weighted by atomic mass is 9.41. The zero-order valence-corrected chi connectivity index (χ0v) is 11.5. The summed E-state index contributed by atoms with van der Waals surface area (Å²) < 4.78 is 0. The quantitative estimate of drug-likeness (QED) is 0.702. The van der Waals surface area contributed by atoms with Crippen molar-refractivity contribution in [2.24, 2.45) is 11.3 Å². The molecule has 0 N–H and O–H groups in total. The van der Waals surface area contributed by atoms with Crippen molar-refractivity contribution in [1.29, 1.82) is 10.5 Å². The van der Waals surface area contributed by atoms with Gasteiger partial charge in [0, 0.05) is 5.92 Å². The van der Waals surface area contributed by atoms with E-state index in [4.69, 9.17) is 0 Å². The predicted molar refractivity (Wildman–Crippen MR) is 73.9 cm³/mol. The van der Waals surface area contributed by atoms with Gasteiger partial charge < -0.3 is 0 Å². The average Bonchev–Trinajstić information content (AvgIpc) is 2.36. The predicted octanol–water partition coefficient (Wildman–Crippen LogP) is 3.72. The number of rotatable bonds is 0. The fourth-order valence-corrected chi connectivity index (χ4v) is 3.89. The van der Waals surface area contributed by atoms with E-state index >= 15 is 0 Å². The minimum Gasteiger partial charge on any atom is -0.197 e. The van der Waals surface area contributed by atoms with Crippen molar-refractivity contribution in [1.82, 2.24) is 0 Å². The Bertz CT molecular complexity index is 682. The van der Waals surface area contributed by atoms with E-state index in [0.717, 1.165) is 28.7 Å². The fraction of sp³-hybridized carbons (Fsp3) is 0.412. The zero-order chi connectivity index (χ0) is 13.8. The van der Waals surface area contributed by atoms with Gasteiger partial charge in [-0.3, -0.25) is 0 Å². The third-order valence-electron chi connectivity index (χ3n) is 4.91. The van der Waals surface area contributed by atoms with Crippen LogP contribution in [0.3, 0.4) is 0 Å². The second-order valence-corrected chi connectivity index (χ2v) is 6.36. The molecule has 2 heteroatoms. The highest BCUT2D eigenvalue weighted by Gasteiger charge is 2.63. The van der Waals surface area contributed by atoms with Crippen LogP contribution < -0.4 is 0 Å². The minimum absolute atomic E-state index is 0.0353. The molecule has 0 heterocycles. The molecule has 1 fully saturated rings. The van der Waals surface area contributed by atoms with E-state index in [0.29, 0.717) is 0 Å². The lowest BCUT2D eigenvalue weighted by molar-refractivity contribution is 0.0192. The number of allylic oxidation sites excluding steroid dienone is 2. The van der Waals surface area contributed by atoms with E-state index in [-0.39, 0.29) is 11.3 Å². The molecule has 19 heavy (non-hydrogen) atoms. The van der Waals surface area contributed by atoms with Gasteiger partial charge in [-0.15, -0.1) is 0 Å². The summed E-state index contributed by atoms with van der Waals surface area (Å²) in [7, 11) is 0. The molecule has 1 saturated carbocycles. The number of nitrogens with zero attached hydrogens (tertiary/aromatic N) is 2. The molecule has 0 spiro atoms. The summed E-state index contributed by atoms with van der Waals surface area (Å²) in [5.41, 5.74) is 3.37. The Morgan fingerprint density at radius 3 is 2.58 bits per heavy atom. The van der Waals surface area contributed by atoms with Crippen LogP contribution in [0.5, 0.6) is 0 Å². The summed E-state index contributed by atoms with van der Waals surface area (Å²) in [5, 5.41) is 19.2. The molecule has 2 aliphatic rings. The molecule has 3 rings (SSSR count). The third kappa shape index (κ3) is 1.24. The largest absolute Gasteiger partial charge is 0.197 e. The van der Waals surface area contributed by atoms with Crippen LogP contribution >= 0.6 is 0 Å². The van der Waals surface area contributed by atoms with Gasteiger partial charge in [0.15, 0.2) is 0 Å². The second kappa shape index (κ2) is 3.49. The summed E-state index contributed by atoms with van der Waals surface area (Å²) in [4.78, 5) is 0. The highest BCUT2D eigenvalue weighted by molar-refractivity contribution is 5.83. The van der Waals surface area contributed by atoms with Gasteiger partial charge in [0.25, 0.3) is 0 Å². The van der Waals surface area contributed by atoms with Crippen LogP contribution in [0.1, 0.15) is 37.0 Å². The monoisotopic (exact) mass is 248 g/mol. The molecule has 0 aliphatic heterocycles. The zero-order valence-electron chi connectivity index (χ0n) is 11.5. The van der Waals surface area contributed by atoms with E-state index < -0.39 is 5.41 Å². The lowest BCUT2D eigenvalue weighted by Crippen LogP contribution is -2.58. The first kappa shape index (κ1) is 12.0. The SMILES string of the molecule is Cc1ccc2c(c1)C1(C#N)C(C=C2C#N)CC1(C)C. The van der Waals surface area contributed by atoms with Crippen molar-refractivity contribution < 1.29 is 0 Å². The van der Waals surface area contributed by atoms with Gasteiger partial charge in [0.05, 0.1) is 23.1 Å². The summed E-state index contributed by atoms with van der Waals surface area (Å²) in [5.74, 6) is 0.177. The van der Waals surface area contributed by atoms with Gasteiger partial charge in [0.2, 0.25) is 0 Å². The summed E-state index contributed by atoms with van der Waals surface area (Å²) in [6.45, 7) is 6.35. The molecule has 0 amide bonds. The number of aryl methyl sites for hydroxylation is 1. The summed E-state index contributed by atoms with van der Waals surface area (Å²) in [6.07, 6.45) is 2.98. The van der Waals surface area contributed by atoms with E-state index in [2.05, 4.69) is 32.1 Å². The number of fused-ring (bicyclic) bond motifs is 3. The molecule has 0 aromatic heterocycles. The maximum absolute atomic E-state index is 9.84. The Balaban J connectivity index is 2.35. The molecule has 1 aromatic rings. The Labute approximate surface area is 114 Å². The number of benzene rings is 1. The molecule has 2 nitrogen and oxygen atoms in total. The van der Waals surface area contributed by atoms with Crippen LogP contribution in [0, 0.1) is 40.9 Å². The first-order chi connectivity index (χ1) is 8.96. The average molecular weight is 248 g/mol. The third-order valence-corrected chi connectivity index (χ3v) is 4.91. The Morgan fingerprint density at radius 1 is 1.26 bits per heavy atom. The molecule has 2 aliphatic carbocycles. The van der Waals surface area contributed by atoms with E-state index in [9.17, 15) is 10.5 Å². The van der Waals surface area contributed by atoms with Crippen molar-refractivity contribution in [3.63, 3.8) is 0 Å². The molecule has 0 bridgehead atoms. The molecule has 0 radical (unpaired) electrons. The van der Waals surface area contributed by atoms with E-state index in [1.54, 1.807) is 0 Å². The maximum atomic E-state index is 9.84. The Hall–Kier alpha value is -2.06. The van der Waals surface area contributed by atoms with E-state index in [1.807, 2.05) is 25.1 Å². The van der Waals surface area contributed by atoms with Crippen molar-refractivity contribution in [2.45, 2.75) is 32.6 Å².